The Balaban J connectivity index is 1.79. The van der Waals surface area contributed by atoms with Gasteiger partial charge in [0.25, 0.3) is 0 Å². The second-order valence-electron chi connectivity index (χ2n) is 7.18. The summed E-state index contributed by atoms with van der Waals surface area (Å²) in [5, 5.41) is 2.82. The van der Waals surface area contributed by atoms with E-state index in [1.165, 1.54) is 0 Å². The summed E-state index contributed by atoms with van der Waals surface area (Å²) in [5.41, 5.74) is -1.04. The van der Waals surface area contributed by atoms with Crippen molar-refractivity contribution < 1.29 is 18.3 Å². The van der Waals surface area contributed by atoms with Crippen LogP contribution in [0.25, 0.3) is 0 Å². The highest BCUT2D eigenvalue weighted by Crippen LogP contribution is 2.70. The molecule has 3 fully saturated rings. The molecule has 0 radical (unpaired) electrons. The topological polar surface area (TPSA) is 38.3 Å². The lowest BCUT2D eigenvalue weighted by molar-refractivity contribution is -0.193. The number of hydrogen-bond acceptors (Lipinski definition) is 2. The van der Waals surface area contributed by atoms with E-state index in [2.05, 4.69) is 5.32 Å². The first kappa shape index (κ1) is 13.6. The van der Waals surface area contributed by atoms with Crippen LogP contribution >= 0.6 is 0 Å². The maximum absolute atomic E-state index is 13.0. The minimum Gasteiger partial charge on any atom is -0.444 e. The molecule has 0 unspecified atom stereocenters. The molecule has 3 nitrogen and oxygen atoms in total. The van der Waals surface area contributed by atoms with Crippen molar-refractivity contribution in [2.24, 2.45) is 5.41 Å². The Morgan fingerprint density at radius 2 is 1.72 bits per heavy atom. The second-order valence-corrected chi connectivity index (χ2v) is 7.18. The Hall–Kier alpha value is -0.870. The first-order valence-corrected chi connectivity index (χ1v) is 6.32. The molecule has 18 heavy (non-hydrogen) atoms. The summed E-state index contributed by atoms with van der Waals surface area (Å²) in [6, 6.07) is 0. The van der Waals surface area contributed by atoms with Crippen LogP contribution in [0.15, 0.2) is 0 Å². The van der Waals surface area contributed by atoms with Crippen molar-refractivity contribution in [2.75, 3.05) is 0 Å². The van der Waals surface area contributed by atoms with Crippen LogP contribution in [0.2, 0.25) is 0 Å². The molecule has 0 aliphatic heterocycles. The van der Waals surface area contributed by atoms with Gasteiger partial charge in [-0.15, -0.1) is 0 Å². The maximum Gasteiger partial charge on any atom is 0.408 e. The van der Waals surface area contributed by atoms with Gasteiger partial charge in [0.2, 0.25) is 5.92 Å². The molecule has 5 heteroatoms. The third-order valence-corrected chi connectivity index (χ3v) is 3.59. The molecule has 0 atom stereocenters. The number of alkyl halides is 2. The number of carbonyl (C=O) groups is 1. The Bertz CT molecular complexity index is 348. The molecule has 3 saturated carbocycles. The van der Waals surface area contributed by atoms with Crippen LogP contribution in [-0.4, -0.2) is 23.2 Å². The predicted molar refractivity (Wildman–Crippen MR) is 63.6 cm³/mol. The van der Waals surface area contributed by atoms with Crippen LogP contribution in [-0.2, 0) is 4.74 Å². The number of rotatable bonds is 3. The molecule has 0 aromatic rings. The van der Waals surface area contributed by atoms with Crippen LogP contribution in [0, 0.1) is 5.41 Å². The van der Waals surface area contributed by atoms with E-state index in [4.69, 9.17) is 4.74 Å². The Labute approximate surface area is 106 Å². The SMILES string of the molecule is CC(F)(F)CC12CC(NC(=O)OC(C)(C)C)(C1)C2. The maximum atomic E-state index is 13.0. The lowest BCUT2D eigenvalue weighted by Crippen LogP contribution is -2.75. The molecule has 1 N–H and O–H groups in total. The van der Waals surface area contributed by atoms with Crippen LogP contribution < -0.4 is 5.32 Å². The normalized spacial score (nSPS) is 34.3. The number of alkyl carbamates (subject to hydrolysis) is 1. The second kappa shape index (κ2) is 3.58. The monoisotopic (exact) mass is 261 g/mol. The van der Waals surface area contributed by atoms with Gasteiger partial charge in [-0.05, 0) is 52.4 Å². The molecule has 0 spiro atoms. The average molecular weight is 261 g/mol. The quantitative estimate of drug-likeness (QED) is 0.844. The molecule has 1 amide bonds. The fourth-order valence-electron chi connectivity index (χ4n) is 3.50. The van der Waals surface area contributed by atoms with Gasteiger partial charge in [-0.1, -0.05) is 0 Å². The van der Waals surface area contributed by atoms with E-state index in [1.807, 2.05) is 0 Å². The van der Waals surface area contributed by atoms with Gasteiger partial charge in [0.05, 0.1) is 0 Å². The molecule has 3 aliphatic carbocycles. The summed E-state index contributed by atoms with van der Waals surface area (Å²) < 4.78 is 31.1. The zero-order valence-corrected chi connectivity index (χ0v) is 11.4. The number of halogens is 2. The molecular weight excluding hydrogens is 240 g/mol. The Morgan fingerprint density at radius 3 is 2.11 bits per heavy atom. The van der Waals surface area contributed by atoms with Crippen molar-refractivity contribution in [3.05, 3.63) is 0 Å². The highest BCUT2D eigenvalue weighted by molar-refractivity contribution is 5.69. The van der Waals surface area contributed by atoms with E-state index in [0.717, 1.165) is 6.92 Å². The van der Waals surface area contributed by atoms with Gasteiger partial charge in [-0.2, -0.15) is 0 Å². The molecule has 3 aliphatic rings. The van der Waals surface area contributed by atoms with E-state index in [0.29, 0.717) is 19.3 Å². The van der Waals surface area contributed by atoms with E-state index in [9.17, 15) is 13.6 Å². The lowest BCUT2D eigenvalue weighted by atomic mass is 9.38. The summed E-state index contributed by atoms with van der Waals surface area (Å²) in [6.45, 7) is 6.36. The van der Waals surface area contributed by atoms with Crippen LogP contribution in [0.1, 0.15) is 53.4 Å². The van der Waals surface area contributed by atoms with E-state index < -0.39 is 17.6 Å². The largest absolute Gasteiger partial charge is 0.444 e. The Morgan fingerprint density at radius 1 is 1.22 bits per heavy atom. The third kappa shape index (κ3) is 2.75. The molecule has 2 bridgehead atoms. The summed E-state index contributed by atoms with van der Waals surface area (Å²) in [4.78, 5) is 11.6. The van der Waals surface area contributed by atoms with Crippen molar-refractivity contribution in [1.82, 2.24) is 5.32 Å². The van der Waals surface area contributed by atoms with E-state index in [-0.39, 0.29) is 17.4 Å². The predicted octanol–water partition coefficient (Wildman–Crippen LogP) is 3.48. The first-order valence-electron chi connectivity index (χ1n) is 6.32. The average Bonchev–Trinajstić information content (AvgIpc) is 1.90. The summed E-state index contributed by atoms with van der Waals surface area (Å²) in [7, 11) is 0. The van der Waals surface area contributed by atoms with Gasteiger partial charge in [-0.3, -0.25) is 0 Å². The zero-order valence-electron chi connectivity index (χ0n) is 11.4. The smallest absolute Gasteiger partial charge is 0.408 e. The summed E-state index contributed by atoms with van der Waals surface area (Å²) in [5.74, 6) is -2.61. The minimum absolute atomic E-state index is 0.0717. The van der Waals surface area contributed by atoms with Crippen molar-refractivity contribution in [2.45, 2.75) is 70.4 Å². The minimum atomic E-state index is -2.61. The van der Waals surface area contributed by atoms with Gasteiger partial charge >= 0.3 is 6.09 Å². The number of carbonyl (C=O) groups excluding carboxylic acids is 1. The van der Waals surface area contributed by atoms with Crippen LogP contribution in [0.4, 0.5) is 13.6 Å². The third-order valence-electron chi connectivity index (χ3n) is 3.59. The lowest BCUT2D eigenvalue weighted by Gasteiger charge is -2.71. The molecule has 0 aromatic heterocycles. The van der Waals surface area contributed by atoms with Gasteiger partial charge in [-0.25, -0.2) is 13.6 Å². The van der Waals surface area contributed by atoms with Crippen molar-refractivity contribution in [3.63, 3.8) is 0 Å². The van der Waals surface area contributed by atoms with Crippen LogP contribution in [0.5, 0.6) is 0 Å². The van der Waals surface area contributed by atoms with Crippen molar-refractivity contribution in [1.29, 1.82) is 0 Å². The molecular formula is C13H21F2NO2. The molecule has 3 rings (SSSR count). The highest BCUT2D eigenvalue weighted by Gasteiger charge is 2.70. The number of ether oxygens (including phenoxy) is 1. The van der Waals surface area contributed by atoms with Gasteiger partial charge in [0, 0.05) is 12.0 Å². The van der Waals surface area contributed by atoms with Crippen molar-refractivity contribution in [3.8, 4) is 0 Å². The van der Waals surface area contributed by atoms with Gasteiger partial charge in [0.15, 0.2) is 0 Å². The molecule has 0 heterocycles. The van der Waals surface area contributed by atoms with Gasteiger partial charge in [0.1, 0.15) is 5.60 Å². The molecule has 0 saturated heterocycles. The van der Waals surface area contributed by atoms with Crippen LogP contribution in [0.3, 0.4) is 0 Å². The fourth-order valence-corrected chi connectivity index (χ4v) is 3.50. The summed E-state index contributed by atoms with van der Waals surface area (Å²) >= 11 is 0. The molecule has 104 valence electrons. The highest BCUT2D eigenvalue weighted by atomic mass is 19.3. The number of amides is 1. The Kier molecular flexibility index (Phi) is 2.69. The zero-order chi connectivity index (χ0) is 13.8. The van der Waals surface area contributed by atoms with Crippen molar-refractivity contribution >= 4 is 6.09 Å². The first-order chi connectivity index (χ1) is 7.93. The van der Waals surface area contributed by atoms with E-state index in [1.54, 1.807) is 20.8 Å². The fraction of sp³-hybridized carbons (Fsp3) is 0.923. The number of nitrogens with one attached hydrogen (secondary N) is 1. The molecule has 0 aromatic carbocycles. The standard InChI is InChI=1S/C13H21F2NO2/c1-10(2,3)18-9(17)16-13-6-12(7-13,8-13)5-11(4,14)15/h5-8H2,1-4H3,(H,16,17). The van der Waals surface area contributed by atoms with E-state index >= 15 is 0 Å². The summed E-state index contributed by atoms with van der Waals surface area (Å²) in [6.07, 6.45) is 1.45. The van der Waals surface area contributed by atoms with Gasteiger partial charge < -0.3 is 10.1 Å². The number of hydrogen-bond donors (Lipinski definition) is 1.